The van der Waals surface area contributed by atoms with E-state index in [9.17, 15) is 13.6 Å². The van der Waals surface area contributed by atoms with Gasteiger partial charge in [0.2, 0.25) is 0 Å². The summed E-state index contributed by atoms with van der Waals surface area (Å²) in [6, 6.07) is 10.3. The smallest absolute Gasteiger partial charge is 0.255 e. The van der Waals surface area contributed by atoms with Gasteiger partial charge < -0.3 is 10.1 Å². The van der Waals surface area contributed by atoms with Crippen LogP contribution in [0.15, 0.2) is 42.5 Å². The second-order valence-electron chi connectivity index (χ2n) is 4.13. The van der Waals surface area contributed by atoms with Gasteiger partial charge in [-0.25, -0.2) is 8.78 Å². The first-order chi connectivity index (χ1) is 9.61. The molecule has 0 aliphatic carbocycles. The lowest BCUT2D eigenvalue weighted by molar-refractivity contribution is 0.0948. The number of halogens is 2. The van der Waals surface area contributed by atoms with Crippen LogP contribution in [0.2, 0.25) is 0 Å². The molecule has 2 aromatic carbocycles. The molecule has 0 aromatic heterocycles. The molecule has 0 aliphatic heterocycles. The number of carbonyl (C=O) groups is 1. The van der Waals surface area contributed by atoms with Crippen LogP contribution >= 0.6 is 0 Å². The van der Waals surface area contributed by atoms with E-state index in [-0.39, 0.29) is 12.5 Å². The molecule has 0 radical (unpaired) electrons. The van der Waals surface area contributed by atoms with Gasteiger partial charge in [0, 0.05) is 6.54 Å². The number of para-hydroxylation sites is 1. The molecule has 0 fully saturated rings. The van der Waals surface area contributed by atoms with Gasteiger partial charge in [-0.1, -0.05) is 18.2 Å². The van der Waals surface area contributed by atoms with Crippen molar-refractivity contribution in [3.8, 4) is 5.75 Å². The highest BCUT2D eigenvalue weighted by Crippen LogP contribution is 2.17. The molecule has 0 bridgehead atoms. The lowest BCUT2D eigenvalue weighted by Crippen LogP contribution is -2.23. The molecule has 0 atom stereocenters. The van der Waals surface area contributed by atoms with Crippen molar-refractivity contribution in [3.63, 3.8) is 0 Å². The number of rotatable bonds is 4. The van der Waals surface area contributed by atoms with Crippen LogP contribution in [0.5, 0.6) is 5.75 Å². The summed E-state index contributed by atoms with van der Waals surface area (Å²) in [5.74, 6) is -1.73. The number of ether oxygens (including phenoxy) is 1. The van der Waals surface area contributed by atoms with Crippen molar-refractivity contribution in [3.05, 3.63) is 65.2 Å². The average molecular weight is 277 g/mol. The summed E-state index contributed by atoms with van der Waals surface area (Å²) < 4.78 is 30.9. The molecule has 0 aliphatic rings. The van der Waals surface area contributed by atoms with Crippen molar-refractivity contribution >= 4 is 5.91 Å². The summed E-state index contributed by atoms with van der Waals surface area (Å²) in [5, 5.41) is 2.63. The largest absolute Gasteiger partial charge is 0.496 e. The summed E-state index contributed by atoms with van der Waals surface area (Å²) in [6.07, 6.45) is 0. The predicted octanol–water partition coefficient (Wildman–Crippen LogP) is 2.90. The number of nitrogens with one attached hydrogen (secondary N) is 1. The molecule has 20 heavy (non-hydrogen) atoms. The maximum Gasteiger partial charge on any atom is 0.255 e. The molecule has 104 valence electrons. The summed E-state index contributed by atoms with van der Waals surface area (Å²) in [5.41, 5.74) is 0.865. The normalized spacial score (nSPS) is 10.2. The molecule has 0 saturated carbocycles. The monoisotopic (exact) mass is 277 g/mol. The van der Waals surface area contributed by atoms with Gasteiger partial charge in [0.15, 0.2) is 11.6 Å². The third-order valence-electron chi connectivity index (χ3n) is 2.79. The van der Waals surface area contributed by atoms with Gasteiger partial charge in [-0.05, 0) is 29.8 Å². The van der Waals surface area contributed by atoms with E-state index in [2.05, 4.69) is 5.32 Å². The zero-order valence-corrected chi connectivity index (χ0v) is 10.8. The first-order valence-electron chi connectivity index (χ1n) is 5.97. The maximum atomic E-state index is 13.0. The van der Waals surface area contributed by atoms with Crippen LogP contribution in [0.4, 0.5) is 8.78 Å². The topological polar surface area (TPSA) is 38.3 Å². The lowest BCUT2D eigenvalue weighted by atomic mass is 10.1. The first kappa shape index (κ1) is 14.0. The molecule has 5 heteroatoms. The number of methoxy groups -OCH3 is 1. The van der Waals surface area contributed by atoms with Crippen LogP contribution in [0.1, 0.15) is 15.9 Å². The highest BCUT2D eigenvalue weighted by molar-refractivity contribution is 5.96. The molecule has 0 heterocycles. The molecule has 1 amide bonds. The molecule has 2 rings (SSSR count). The fourth-order valence-corrected chi connectivity index (χ4v) is 1.76. The van der Waals surface area contributed by atoms with Gasteiger partial charge in [0.1, 0.15) is 5.75 Å². The van der Waals surface area contributed by atoms with Crippen molar-refractivity contribution < 1.29 is 18.3 Å². The number of hydrogen-bond acceptors (Lipinski definition) is 2. The molecule has 0 unspecified atom stereocenters. The van der Waals surface area contributed by atoms with E-state index in [0.29, 0.717) is 16.9 Å². The molecule has 3 nitrogen and oxygen atoms in total. The van der Waals surface area contributed by atoms with E-state index < -0.39 is 11.6 Å². The van der Waals surface area contributed by atoms with E-state index in [1.165, 1.54) is 13.2 Å². The van der Waals surface area contributed by atoms with Gasteiger partial charge in [-0.15, -0.1) is 0 Å². The van der Waals surface area contributed by atoms with E-state index in [4.69, 9.17) is 4.74 Å². The Hall–Kier alpha value is -2.43. The highest BCUT2D eigenvalue weighted by atomic mass is 19.2. The van der Waals surface area contributed by atoms with E-state index in [1.54, 1.807) is 24.3 Å². The Morgan fingerprint density at radius 3 is 2.60 bits per heavy atom. The summed E-state index contributed by atoms with van der Waals surface area (Å²) in [6.45, 7) is 0.105. The van der Waals surface area contributed by atoms with Gasteiger partial charge in [-0.3, -0.25) is 4.79 Å². The number of carbonyl (C=O) groups excluding carboxylic acids is 1. The minimum Gasteiger partial charge on any atom is -0.496 e. The van der Waals surface area contributed by atoms with Gasteiger partial charge in [-0.2, -0.15) is 0 Å². The Bertz CT molecular complexity index is 629. The second kappa shape index (κ2) is 6.14. The summed E-state index contributed by atoms with van der Waals surface area (Å²) >= 11 is 0. The number of hydrogen-bond donors (Lipinski definition) is 1. The van der Waals surface area contributed by atoms with Crippen LogP contribution in [-0.2, 0) is 6.54 Å². The standard InChI is InChI=1S/C15H13F2NO2/c1-20-14-5-3-2-4-11(14)15(19)18-9-10-6-7-12(16)13(17)8-10/h2-8H,9H2,1H3,(H,18,19). The van der Waals surface area contributed by atoms with Crippen LogP contribution in [-0.4, -0.2) is 13.0 Å². The first-order valence-corrected chi connectivity index (χ1v) is 5.97. The molecule has 0 spiro atoms. The van der Waals surface area contributed by atoms with Crippen LogP contribution in [0.25, 0.3) is 0 Å². The number of amides is 1. The predicted molar refractivity (Wildman–Crippen MR) is 70.5 cm³/mol. The minimum atomic E-state index is -0.936. The third-order valence-corrected chi connectivity index (χ3v) is 2.79. The van der Waals surface area contributed by atoms with Gasteiger partial charge in [0.05, 0.1) is 12.7 Å². The van der Waals surface area contributed by atoms with Crippen LogP contribution < -0.4 is 10.1 Å². The summed E-state index contributed by atoms with van der Waals surface area (Å²) in [7, 11) is 1.47. The van der Waals surface area contributed by atoms with Crippen molar-refractivity contribution in [1.82, 2.24) is 5.32 Å². The minimum absolute atomic E-state index is 0.105. The lowest BCUT2D eigenvalue weighted by Gasteiger charge is -2.09. The van der Waals surface area contributed by atoms with E-state index in [0.717, 1.165) is 12.1 Å². The molecule has 2 aromatic rings. The Morgan fingerprint density at radius 2 is 1.90 bits per heavy atom. The van der Waals surface area contributed by atoms with Crippen molar-refractivity contribution in [2.24, 2.45) is 0 Å². The molecular weight excluding hydrogens is 264 g/mol. The fraction of sp³-hybridized carbons (Fsp3) is 0.133. The zero-order chi connectivity index (χ0) is 14.5. The SMILES string of the molecule is COc1ccccc1C(=O)NCc1ccc(F)c(F)c1. The van der Waals surface area contributed by atoms with Crippen LogP contribution in [0.3, 0.4) is 0 Å². The van der Waals surface area contributed by atoms with E-state index in [1.807, 2.05) is 0 Å². The highest BCUT2D eigenvalue weighted by Gasteiger charge is 2.11. The zero-order valence-electron chi connectivity index (χ0n) is 10.8. The molecular formula is C15H13F2NO2. The van der Waals surface area contributed by atoms with Crippen molar-refractivity contribution in [2.75, 3.05) is 7.11 Å². The Kier molecular flexibility index (Phi) is 4.30. The molecule has 0 saturated heterocycles. The third kappa shape index (κ3) is 3.12. The fourth-order valence-electron chi connectivity index (χ4n) is 1.76. The van der Waals surface area contributed by atoms with Gasteiger partial charge in [0.25, 0.3) is 5.91 Å². The number of benzene rings is 2. The molecule has 1 N–H and O–H groups in total. The second-order valence-corrected chi connectivity index (χ2v) is 4.13. The van der Waals surface area contributed by atoms with Crippen molar-refractivity contribution in [1.29, 1.82) is 0 Å². The van der Waals surface area contributed by atoms with Gasteiger partial charge >= 0.3 is 0 Å². The Morgan fingerprint density at radius 1 is 1.15 bits per heavy atom. The Balaban J connectivity index is 2.06. The summed E-state index contributed by atoms with van der Waals surface area (Å²) in [4.78, 5) is 12.0. The average Bonchev–Trinajstić information content (AvgIpc) is 2.48. The Labute approximate surface area is 115 Å². The maximum absolute atomic E-state index is 13.0. The quantitative estimate of drug-likeness (QED) is 0.933. The van der Waals surface area contributed by atoms with Crippen LogP contribution in [0, 0.1) is 11.6 Å². The van der Waals surface area contributed by atoms with Crippen molar-refractivity contribution in [2.45, 2.75) is 6.54 Å². The van der Waals surface area contributed by atoms with E-state index >= 15 is 0 Å².